The van der Waals surface area contributed by atoms with Crippen LogP contribution in [0.1, 0.15) is 12.5 Å². The molecule has 7 aromatic rings. The summed E-state index contributed by atoms with van der Waals surface area (Å²) in [6.45, 7) is 2.19. The van der Waals surface area contributed by atoms with E-state index in [1.807, 2.05) is 17.5 Å². The number of rotatable bonds is 4. The molecule has 0 aliphatic carbocycles. The molecule has 0 fully saturated rings. The van der Waals surface area contributed by atoms with Gasteiger partial charge in [0.15, 0.2) is 0 Å². The van der Waals surface area contributed by atoms with Gasteiger partial charge in [-0.15, -0.1) is 11.3 Å². The average Bonchev–Trinajstić information content (AvgIpc) is 3.36. The van der Waals surface area contributed by atoms with Gasteiger partial charge in [-0.2, -0.15) is 0 Å². The molecule has 2 heteroatoms. The van der Waals surface area contributed by atoms with Crippen LogP contribution in [-0.4, -0.2) is 4.98 Å². The molecule has 2 aromatic heterocycles. The zero-order valence-electron chi connectivity index (χ0n) is 20.6. The van der Waals surface area contributed by atoms with E-state index in [0.717, 1.165) is 22.9 Å². The smallest absolute Gasteiger partial charge is 0.0708 e. The van der Waals surface area contributed by atoms with E-state index in [0.29, 0.717) is 0 Å². The second kappa shape index (κ2) is 8.99. The molecule has 0 amide bonds. The van der Waals surface area contributed by atoms with Gasteiger partial charge in [-0.3, -0.25) is 4.98 Å². The molecule has 0 unspecified atom stereocenters. The van der Waals surface area contributed by atoms with Crippen LogP contribution in [0.15, 0.2) is 121 Å². The van der Waals surface area contributed by atoms with Gasteiger partial charge in [-0.05, 0) is 58.0 Å². The summed E-state index contributed by atoms with van der Waals surface area (Å²) in [5, 5.41) is 3.83. The van der Waals surface area contributed by atoms with Crippen molar-refractivity contribution < 1.29 is 0 Å². The monoisotopic (exact) mass is 491 g/mol. The van der Waals surface area contributed by atoms with Gasteiger partial charge in [0, 0.05) is 37.3 Å². The number of pyridine rings is 1. The van der Waals surface area contributed by atoms with Gasteiger partial charge in [0.2, 0.25) is 0 Å². The average molecular weight is 492 g/mol. The van der Waals surface area contributed by atoms with Crippen molar-refractivity contribution in [1.29, 1.82) is 0 Å². The minimum absolute atomic E-state index is 1.02. The van der Waals surface area contributed by atoms with Gasteiger partial charge in [-0.1, -0.05) is 104 Å². The summed E-state index contributed by atoms with van der Waals surface area (Å²) in [5.41, 5.74) is 9.67. The molecule has 0 aliphatic rings. The largest absolute Gasteiger partial charge is 0.256 e. The van der Waals surface area contributed by atoms with Gasteiger partial charge >= 0.3 is 0 Å². The Morgan fingerprint density at radius 3 is 2.14 bits per heavy atom. The highest BCUT2D eigenvalue weighted by atomic mass is 32.1. The first-order valence-electron chi connectivity index (χ1n) is 12.8. The summed E-state index contributed by atoms with van der Waals surface area (Å²) >= 11 is 1.88. The van der Waals surface area contributed by atoms with Gasteiger partial charge < -0.3 is 0 Å². The van der Waals surface area contributed by atoms with Crippen LogP contribution >= 0.6 is 11.3 Å². The number of fused-ring (bicyclic) bond motifs is 4. The van der Waals surface area contributed by atoms with E-state index in [-0.39, 0.29) is 0 Å². The fourth-order valence-electron chi connectivity index (χ4n) is 5.21. The second-order valence-electron chi connectivity index (χ2n) is 9.54. The summed E-state index contributed by atoms with van der Waals surface area (Å²) in [5.74, 6) is 0. The van der Waals surface area contributed by atoms with Crippen molar-refractivity contribution in [2.45, 2.75) is 13.3 Å². The lowest BCUT2D eigenvalue weighted by Gasteiger charge is -2.08. The Bertz CT molecular complexity index is 1890. The molecule has 0 radical (unpaired) electrons. The van der Waals surface area contributed by atoms with Crippen molar-refractivity contribution in [3.8, 4) is 33.4 Å². The Kier molecular flexibility index (Phi) is 5.34. The topological polar surface area (TPSA) is 12.9 Å². The summed E-state index contributed by atoms with van der Waals surface area (Å²) < 4.78 is 2.69. The predicted octanol–water partition coefficient (Wildman–Crippen LogP) is 10.2. The van der Waals surface area contributed by atoms with E-state index < -0.39 is 0 Å². The van der Waals surface area contributed by atoms with Crippen LogP contribution in [0.25, 0.3) is 64.5 Å². The molecular formula is C35H25NS. The van der Waals surface area contributed by atoms with Crippen LogP contribution in [0, 0.1) is 0 Å². The number of aryl methyl sites for hydroxylation is 1. The first-order chi connectivity index (χ1) is 18.3. The quantitative estimate of drug-likeness (QED) is 0.239. The Balaban J connectivity index is 1.21. The SMILES string of the molecule is CCc1ccc(-c2ccc3cc(-c4ccc(-c5cccc6c5sc5ccccc56)cc4)cnc3c2)cc1. The molecule has 0 bridgehead atoms. The number of nitrogens with zero attached hydrogens (tertiary/aromatic N) is 1. The molecule has 37 heavy (non-hydrogen) atoms. The Labute approximate surface area is 220 Å². The van der Waals surface area contributed by atoms with E-state index in [4.69, 9.17) is 4.98 Å². The molecule has 0 aliphatic heterocycles. The van der Waals surface area contributed by atoms with E-state index in [2.05, 4.69) is 122 Å². The number of aromatic nitrogens is 1. The normalized spacial score (nSPS) is 11.5. The van der Waals surface area contributed by atoms with Crippen LogP contribution in [0.5, 0.6) is 0 Å². The summed E-state index contributed by atoms with van der Waals surface area (Å²) in [6, 6.07) is 41.9. The number of hydrogen-bond acceptors (Lipinski definition) is 2. The minimum Gasteiger partial charge on any atom is -0.256 e. The third kappa shape index (κ3) is 3.91. The van der Waals surface area contributed by atoms with Crippen molar-refractivity contribution in [2.75, 3.05) is 0 Å². The summed E-state index contributed by atoms with van der Waals surface area (Å²) in [4.78, 5) is 4.82. The molecule has 5 aromatic carbocycles. The molecular weight excluding hydrogens is 466 g/mol. The highest BCUT2D eigenvalue weighted by Gasteiger charge is 2.10. The highest BCUT2D eigenvalue weighted by Crippen LogP contribution is 2.40. The molecule has 0 spiro atoms. The standard InChI is InChI=1S/C35H25NS/c1-2-23-10-12-24(13-11-23)27-18-19-28-20-29(22-36-33(28)21-27)25-14-16-26(17-15-25)30-7-5-8-32-31-6-3-4-9-34(31)37-35(30)32/h3-22H,2H2,1H3. The van der Waals surface area contributed by atoms with Crippen molar-refractivity contribution in [1.82, 2.24) is 4.98 Å². The Morgan fingerprint density at radius 1 is 0.595 bits per heavy atom. The molecule has 0 saturated carbocycles. The van der Waals surface area contributed by atoms with Gasteiger partial charge in [0.1, 0.15) is 0 Å². The molecule has 1 nitrogen and oxygen atoms in total. The minimum atomic E-state index is 1.02. The highest BCUT2D eigenvalue weighted by molar-refractivity contribution is 7.26. The van der Waals surface area contributed by atoms with E-state index in [1.54, 1.807) is 0 Å². The molecule has 7 rings (SSSR count). The zero-order chi connectivity index (χ0) is 24.8. The first kappa shape index (κ1) is 22.0. The molecule has 0 saturated heterocycles. The van der Waals surface area contributed by atoms with Gasteiger partial charge in [0.05, 0.1) is 5.52 Å². The van der Waals surface area contributed by atoms with Crippen LogP contribution in [-0.2, 0) is 6.42 Å². The maximum atomic E-state index is 4.82. The summed E-state index contributed by atoms with van der Waals surface area (Å²) in [6.07, 6.45) is 3.05. The number of thiophene rings is 1. The van der Waals surface area contributed by atoms with E-state index in [1.165, 1.54) is 53.6 Å². The van der Waals surface area contributed by atoms with Crippen molar-refractivity contribution in [3.63, 3.8) is 0 Å². The fraction of sp³-hybridized carbons (Fsp3) is 0.0571. The Morgan fingerprint density at radius 2 is 1.30 bits per heavy atom. The van der Waals surface area contributed by atoms with E-state index >= 15 is 0 Å². The Hall–Kier alpha value is -4.27. The van der Waals surface area contributed by atoms with Crippen LogP contribution in [0.4, 0.5) is 0 Å². The fourth-order valence-corrected chi connectivity index (χ4v) is 6.45. The molecule has 0 N–H and O–H groups in total. The number of benzene rings is 5. The number of hydrogen-bond donors (Lipinski definition) is 0. The maximum absolute atomic E-state index is 4.82. The first-order valence-corrected chi connectivity index (χ1v) is 13.6. The molecule has 2 heterocycles. The maximum Gasteiger partial charge on any atom is 0.0708 e. The van der Waals surface area contributed by atoms with Crippen molar-refractivity contribution >= 4 is 42.4 Å². The molecule has 0 atom stereocenters. The predicted molar refractivity (Wildman–Crippen MR) is 160 cm³/mol. The van der Waals surface area contributed by atoms with Gasteiger partial charge in [-0.25, -0.2) is 0 Å². The third-order valence-corrected chi connectivity index (χ3v) is 8.53. The lowest BCUT2D eigenvalue weighted by Crippen LogP contribution is -1.86. The van der Waals surface area contributed by atoms with Crippen LogP contribution < -0.4 is 0 Å². The van der Waals surface area contributed by atoms with E-state index in [9.17, 15) is 0 Å². The van der Waals surface area contributed by atoms with Crippen molar-refractivity contribution in [3.05, 3.63) is 127 Å². The van der Waals surface area contributed by atoms with Gasteiger partial charge in [0.25, 0.3) is 0 Å². The van der Waals surface area contributed by atoms with Crippen LogP contribution in [0.3, 0.4) is 0 Å². The third-order valence-electron chi connectivity index (χ3n) is 7.31. The van der Waals surface area contributed by atoms with Crippen LogP contribution in [0.2, 0.25) is 0 Å². The second-order valence-corrected chi connectivity index (χ2v) is 10.6. The van der Waals surface area contributed by atoms with Crippen molar-refractivity contribution in [2.24, 2.45) is 0 Å². The summed E-state index contributed by atoms with van der Waals surface area (Å²) in [7, 11) is 0. The lowest BCUT2D eigenvalue weighted by molar-refractivity contribution is 1.14. The molecule has 176 valence electrons. The lowest BCUT2D eigenvalue weighted by atomic mass is 9.98. The zero-order valence-corrected chi connectivity index (χ0v) is 21.4.